The fraction of sp³-hybridized carbons (Fsp3) is 0.625. The third-order valence-electron chi connectivity index (χ3n) is 3.27. The second-order valence-electron chi connectivity index (χ2n) is 6.31. The smallest absolute Gasteiger partial charge is 0.165 e. The van der Waals surface area contributed by atoms with Crippen LogP contribution in [0.25, 0.3) is 0 Å². The first-order chi connectivity index (χ1) is 9.44. The van der Waals surface area contributed by atoms with Gasteiger partial charge >= 0.3 is 0 Å². The lowest BCUT2D eigenvalue weighted by atomic mass is 10.1. The number of ether oxygens (including phenoxy) is 2. The SMILES string of the molecule is CC(C)(C)NCc1ccc(OCC2CCCO2)c(F)c1. The molecule has 1 atom stereocenters. The van der Waals surface area contributed by atoms with Crippen molar-refractivity contribution in [3.8, 4) is 5.75 Å². The first-order valence-electron chi connectivity index (χ1n) is 7.22. The van der Waals surface area contributed by atoms with E-state index in [-0.39, 0.29) is 17.5 Å². The molecule has 2 rings (SSSR count). The molecule has 112 valence electrons. The van der Waals surface area contributed by atoms with Gasteiger partial charge in [0.25, 0.3) is 0 Å². The highest BCUT2D eigenvalue weighted by atomic mass is 19.1. The Hall–Kier alpha value is -1.13. The quantitative estimate of drug-likeness (QED) is 0.898. The van der Waals surface area contributed by atoms with E-state index in [2.05, 4.69) is 26.1 Å². The van der Waals surface area contributed by atoms with Crippen molar-refractivity contribution < 1.29 is 13.9 Å². The van der Waals surface area contributed by atoms with E-state index in [9.17, 15) is 4.39 Å². The van der Waals surface area contributed by atoms with Crippen LogP contribution in [0.3, 0.4) is 0 Å². The van der Waals surface area contributed by atoms with Crippen LogP contribution in [0.5, 0.6) is 5.75 Å². The molecule has 0 amide bonds. The van der Waals surface area contributed by atoms with Crippen LogP contribution >= 0.6 is 0 Å². The Morgan fingerprint density at radius 3 is 2.80 bits per heavy atom. The zero-order valence-electron chi connectivity index (χ0n) is 12.5. The number of nitrogens with one attached hydrogen (secondary N) is 1. The fourth-order valence-electron chi connectivity index (χ4n) is 2.10. The van der Waals surface area contributed by atoms with Gasteiger partial charge in [-0.15, -0.1) is 0 Å². The van der Waals surface area contributed by atoms with Crippen LogP contribution in [0.4, 0.5) is 4.39 Å². The summed E-state index contributed by atoms with van der Waals surface area (Å²) in [4.78, 5) is 0. The summed E-state index contributed by atoms with van der Waals surface area (Å²) in [5, 5.41) is 3.33. The van der Waals surface area contributed by atoms with Gasteiger partial charge in [0.15, 0.2) is 11.6 Å². The maximum Gasteiger partial charge on any atom is 0.165 e. The monoisotopic (exact) mass is 281 g/mol. The molecule has 1 N–H and O–H groups in total. The van der Waals surface area contributed by atoms with E-state index < -0.39 is 0 Å². The summed E-state index contributed by atoms with van der Waals surface area (Å²) in [7, 11) is 0. The molecule has 0 spiro atoms. The number of benzene rings is 1. The van der Waals surface area contributed by atoms with E-state index in [0.717, 1.165) is 25.0 Å². The lowest BCUT2D eigenvalue weighted by molar-refractivity contribution is 0.0665. The first kappa shape index (κ1) is 15.3. The second kappa shape index (κ2) is 6.55. The Labute approximate surface area is 120 Å². The molecule has 0 radical (unpaired) electrons. The molecule has 0 aromatic heterocycles. The molecule has 1 fully saturated rings. The van der Waals surface area contributed by atoms with Crippen molar-refractivity contribution in [3.05, 3.63) is 29.6 Å². The predicted molar refractivity (Wildman–Crippen MR) is 77.5 cm³/mol. The molecule has 1 unspecified atom stereocenters. The Morgan fingerprint density at radius 2 is 2.20 bits per heavy atom. The largest absolute Gasteiger partial charge is 0.488 e. The average molecular weight is 281 g/mol. The zero-order valence-corrected chi connectivity index (χ0v) is 12.5. The average Bonchev–Trinajstić information content (AvgIpc) is 2.87. The number of rotatable bonds is 5. The minimum Gasteiger partial charge on any atom is -0.488 e. The second-order valence-corrected chi connectivity index (χ2v) is 6.31. The summed E-state index contributed by atoms with van der Waals surface area (Å²) in [6.45, 7) is 8.12. The summed E-state index contributed by atoms with van der Waals surface area (Å²) >= 11 is 0. The van der Waals surface area contributed by atoms with E-state index in [4.69, 9.17) is 9.47 Å². The summed E-state index contributed by atoms with van der Waals surface area (Å²) in [6, 6.07) is 5.13. The lowest BCUT2D eigenvalue weighted by Gasteiger charge is -2.20. The van der Waals surface area contributed by atoms with Crippen LogP contribution in [-0.2, 0) is 11.3 Å². The van der Waals surface area contributed by atoms with Crippen LogP contribution in [0.2, 0.25) is 0 Å². The van der Waals surface area contributed by atoms with Gasteiger partial charge in [0, 0.05) is 18.7 Å². The van der Waals surface area contributed by atoms with Crippen LogP contribution in [0, 0.1) is 5.82 Å². The highest BCUT2D eigenvalue weighted by Crippen LogP contribution is 2.21. The summed E-state index contributed by atoms with van der Waals surface area (Å²) < 4.78 is 24.9. The number of halogens is 1. The van der Waals surface area contributed by atoms with Crippen LogP contribution in [-0.4, -0.2) is 24.9 Å². The summed E-state index contributed by atoms with van der Waals surface area (Å²) in [5.41, 5.74) is 0.938. The maximum absolute atomic E-state index is 14.0. The number of hydrogen-bond donors (Lipinski definition) is 1. The van der Waals surface area contributed by atoms with Crippen LogP contribution in [0.15, 0.2) is 18.2 Å². The molecule has 0 saturated carbocycles. The van der Waals surface area contributed by atoms with Gasteiger partial charge in [-0.1, -0.05) is 6.07 Å². The summed E-state index contributed by atoms with van der Waals surface area (Å²) in [5.74, 6) is -0.00350. The minimum atomic E-state index is -0.309. The van der Waals surface area contributed by atoms with Crippen LogP contribution in [0.1, 0.15) is 39.2 Å². The van der Waals surface area contributed by atoms with Crippen LogP contribution < -0.4 is 10.1 Å². The van der Waals surface area contributed by atoms with Crippen molar-refractivity contribution in [2.24, 2.45) is 0 Å². The van der Waals surface area contributed by atoms with E-state index in [1.165, 1.54) is 6.07 Å². The van der Waals surface area contributed by atoms with Gasteiger partial charge in [-0.3, -0.25) is 0 Å². The highest BCUT2D eigenvalue weighted by Gasteiger charge is 2.17. The molecule has 3 nitrogen and oxygen atoms in total. The van der Waals surface area contributed by atoms with Crippen molar-refractivity contribution in [2.75, 3.05) is 13.2 Å². The molecular weight excluding hydrogens is 257 g/mol. The first-order valence-corrected chi connectivity index (χ1v) is 7.22. The molecule has 1 saturated heterocycles. The molecule has 1 heterocycles. The van der Waals surface area contributed by atoms with Crippen molar-refractivity contribution in [1.82, 2.24) is 5.32 Å². The third-order valence-corrected chi connectivity index (χ3v) is 3.27. The van der Waals surface area contributed by atoms with Crippen molar-refractivity contribution in [3.63, 3.8) is 0 Å². The molecule has 1 aliphatic rings. The van der Waals surface area contributed by atoms with Gasteiger partial charge in [0.05, 0.1) is 6.10 Å². The zero-order chi connectivity index (χ0) is 14.6. The van der Waals surface area contributed by atoms with Gasteiger partial charge in [-0.2, -0.15) is 0 Å². The predicted octanol–water partition coefficient (Wildman–Crippen LogP) is 3.27. The van der Waals surface area contributed by atoms with E-state index >= 15 is 0 Å². The summed E-state index contributed by atoms with van der Waals surface area (Å²) in [6.07, 6.45) is 2.17. The minimum absolute atomic E-state index is 0.0193. The van der Waals surface area contributed by atoms with Crippen molar-refractivity contribution >= 4 is 0 Å². The Morgan fingerprint density at radius 1 is 1.40 bits per heavy atom. The Bertz CT molecular complexity index is 437. The van der Waals surface area contributed by atoms with E-state index in [1.54, 1.807) is 6.07 Å². The number of hydrogen-bond acceptors (Lipinski definition) is 3. The van der Waals surface area contributed by atoms with Crippen molar-refractivity contribution in [2.45, 2.75) is 51.8 Å². The highest BCUT2D eigenvalue weighted by molar-refractivity contribution is 5.29. The molecule has 20 heavy (non-hydrogen) atoms. The van der Waals surface area contributed by atoms with Crippen molar-refractivity contribution in [1.29, 1.82) is 0 Å². The normalized spacial score (nSPS) is 19.3. The van der Waals surface area contributed by atoms with Gasteiger partial charge < -0.3 is 14.8 Å². The van der Waals surface area contributed by atoms with Gasteiger partial charge in [-0.05, 0) is 51.3 Å². The molecule has 0 aliphatic carbocycles. The molecule has 1 aromatic rings. The standard InChI is InChI=1S/C16H24FNO2/c1-16(2,3)18-10-12-6-7-15(14(17)9-12)20-11-13-5-4-8-19-13/h6-7,9,13,18H,4-5,8,10-11H2,1-3H3. The Balaban J connectivity index is 1.88. The molecule has 1 aromatic carbocycles. The van der Waals surface area contributed by atoms with Gasteiger partial charge in [0.2, 0.25) is 0 Å². The van der Waals surface area contributed by atoms with E-state index in [1.807, 2.05) is 6.07 Å². The third kappa shape index (κ3) is 4.76. The van der Waals surface area contributed by atoms with Gasteiger partial charge in [-0.25, -0.2) is 4.39 Å². The molecule has 1 aliphatic heterocycles. The lowest BCUT2D eigenvalue weighted by Crippen LogP contribution is -2.35. The Kier molecular flexibility index (Phi) is 5.00. The van der Waals surface area contributed by atoms with E-state index in [0.29, 0.717) is 18.9 Å². The fourth-order valence-corrected chi connectivity index (χ4v) is 2.10. The topological polar surface area (TPSA) is 30.5 Å². The molecule has 4 heteroatoms. The maximum atomic E-state index is 14.0. The molecular formula is C16H24FNO2. The van der Waals surface area contributed by atoms with Gasteiger partial charge in [0.1, 0.15) is 6.61 Å². The molecule has 0 bridgehead atoms.